The van der Waals surface area contributed by atoms with Crippen LogP contribution < -0.4 is 0 Å². The first-order valence-electron chi connectivity index (χ1n) is 6.58. The topological polar surface area (TPSA) is 33.2 Å². The second-order valence-corrected chi connectivity index (χ2v) is 6.85. The van der Waals surface area contributed by atoms with Crippen molar-refractivity contribution in [3.63, 3.8) is 0 Å². The second kappa shape index (κ2) is 7.14. The molecule has 5 heteroatoms. The number of carbonyl (C=O) groups is 1. The van der Waals surface area contributed by atoms with Crippen LogP contribution in [0.1, 0.15) is 37.8 Å². The molecular weight excluding hydrogens is 264 g/mol. The predicted molar refractivity (Wildman–Crippen MR) is 77.2 cm³/mol. The monoisotopic (exact) mass is 284 g/mol. The number of aromatic nitrogens is 1. The summed E-state index contributed by atoms with van der Waals surface area (Å²) >= 11 is 3.37. The Morgan fingerprint density at radius 1 is 1.39 bits per heavy atom. The van der Waals surface area contributed by atoms with Gasteiger partial charge in [0.15, 0.2) is 0 Å². The number of amides is 1. The molecule has 0 aromatic carbocycles. The molecule has 0 radical (unpaired) electrons. The molecular formula is C13H20N2OS2. The largest absolute Gasteiger partial charge is 0.343 e. The summed E-state index contributed by atoms with van der Waals surface area (Å²) < 4.78 is 1.08. The van der Waals surface area contributed by atoms with Gasteiger partial charge in [-0.2, -0.15) is 0 Å². The van der Waals surface area contributed by atoms with Crippen LogP contribution in [0.2, 0.25) is 0 Å². The second-order valence-electron chi connectivity index (χ2n) is 4.65. The van der Waals surface area contributed by atoms with Crippen molar-refractivity contribution in [3.05, 3.63) is 11.1 Å². The highest BCUT2D eigenvalue weighted by Crippen LogP contribution is 2.23. The first-order valence-corrected chi connectivity index (χ1v) is 8.45. The molecule has 1 saturated heterocycles. The Morgan fingerprint density at radius 3 is 2.72 bits per heavy atom. The summed E-state index contributed by atoms with van der Waals surface area (Å²) in [6, 6.07) is 0. The van der Waals surface area contributed by atoms with Crippen LogP contribution in [0.15, 0.2) is 9.72 Å². The molecule has 1 aliphatic rings. The zero-order valence-electron chi connectivity index (χ0n) is 10.9. The van der Waals surface area contributed by atoms with Gasteiger partial charge in [0.2, 0.25) is 5.91 Å². The van der Waals surface area contributed by atoms with Crippen LogP contribution >= 0.6 is 23.1 Å². The molecule has 0 saturated carbocycles. The Kier molecular flexibility index (Phi) is 5.50. The van der Waals surface area contributed by atoms with Crippen LogP contribution in [0.3, 0.4) is 0 Å². The van der Waals surface area contributed by atoms with E-state index in [9.17, 15) is 4.79 Å². The number of rotatable bonds is 4. The molecule has 0 spiro atoms. The van der Waals surface area contributed by atoms with Gasteiger partial charge in [0.25, 0.3) is 0 Å². The van der Waals surface area contributed by atoms with Crippen LogP contribution in [0, 0.1) is 6.92 Å². The lowest BCUT2D eigenvalue weighted by atomic mass is 10.2. The summed E-state index contributed by atoms with van der Waals surface area (Å²) in [4.78, 5) is 18.5. The molecule has 1 aromatic rings. The fourth-order valence-electron chi connectivity index (χ4n) is 2.10. The molecule has 1 fully saturated rings. The maximum Gasteiger partial charge on any atom is 0.223 e. The summed E-state index contributed by atoms with van der Waals surface area (Å²) in [6.07, 6.45) is 5.53. The number of thioether (sulfide) groups is 1. The Hall–Kier alpha value is -0.550. The van der Waals surface area contributed by atoms with Crippen molar-refractivity contribution in [2.75, 3.05) is 18.8 Å². The van der Waals surface area contributed by atoms with E-state index in [0.717, 1.165) is 28.9 Å². The van der Waals surface area contributed by atoms with Crippen LogP contribution in [-0.2, 0) is 4.79 Å². The molecule has 1 aliphatic heterocycles. The Balaban J connectivity index is 1.70. The first-order chi connectivity index (χ1) is 8.75. The fourth-order valence-corrected chi connectivity index (χ4v) is 3.95. The number of carbonyl (C=O) groups excluding carboxylic acids is 1. The molecule has 0 N–H and O–H groups in total. The number of thiazole rings is 1. The van der Waals surface area contributed by atoms with E-state index in [2.05, 4.69) is 10.4 Å². The van der Waals surface area contributed by atoms with Crippen LogP contribution in [-0.4, -0.2) is 34.6 Å². The number of aryl methyl sites for hydroxylation is 1. The molecule has 1 aromatic heterocycles. The van der Waals surface area contributed by atoms with Crippen molar-refractivity contribution in [1.29, 1.82) is 0 Å². The zero-order chi connectivity index (χ0) is 12.8. The highest BCUT2D eigenvalue weighted by atomic mass is 32.2. The van der Waals surface area contributed by atoms with Gasteiger partial charge in [0.05, 0.1) is 0 Å². The third kappa shape index (κ3) is 4.28. The molecule has 0 aliphatic carbocycles. The van der Waals surface area contributed by atoms with Crippen molar-refractivity contribution in [3.8, 4) is 0 Å². The molecule has 100 valence electrons. The van der Waals surface area contributed by atoms with E-state index in [4.69, 9.17) is 0 Å². The van der Waals surface area contributed by atoms with Crippen molar-refractivity contribution in [2.24, 2.45) is 0 Å². The van der Waals surface area contributed by atoms with E-state index in [1.807, 2.05) is 11.8 Å². The predicted octanol–water partition coefficient (Wildman–Crippen LogP) is 3.34. The average Bonchev–Trinajstić information content (AvgIpc) is 2.63. The van der Waals surface area contributed by atoms with Crippen LogP contribution in [0.4, 0.5) is 0 Å². The number of hydrogen-bond acceptors (Lipinski definition) is 4. The third-order valence-corrected chi connectivity index (χ3v) is 5.24. The van der Waals surface area contributed by atoms with Crippen molar-refractivity contribution < 1.29 is 4.79 Å². The maximum absolute atomic E-state index is 12.0. The lowest BCUT2D eigenvalue weighted by Crippen LogP contribution is -2.31. The number of nitrogens with zero attached hydrogens (tertiary/aromatic N) is 2. The van der Waals surface area contributed by atoms with Gasteiger partial charge in [0, 0.05) is 36.3 Å². The van der Waals surface area contributed by atoms with E-state index >= 15 is 0 Å². The van der Waals surface area contributed by atoms with E-state index in [1.54, 1.807) is 23.1 Å². The number of likely N-dealkylation sites (tertiary alicyclic amines) is 1. The van der Waals surface area contributed by atoms with Crippen molar-refractivity contribution >= 4 is 29.0 Å². The standard InChI is InChI=1S/C13H20N2OS2/c1-11-10-18-13(14-11)17-9-6-12(16)15-7-4-2-3-5-8-15/h10H,2-9H2,1H3. The van der Waals surface area contributed by atoms with Gasteiger partial charge >= 0.3 is 0 Å². The van der Waals surface area contributed by atoms with Gasteiger partial charge in [-0.15, -0.1) is 11.3 Å². The van der Waals surface area contributed by atoms with Crippen LogP contribution in [0.5, 0.6) is 0 Å². The summed E-state index contributed by atoms with van der Waals surface area (Å²) in [7, 11) is 0. The van der Waals surface area contributed by atoms with Crippen molar-refractivity contribution in [1.82, 2.24) is 9.88 Å². The van der Waals surface area contributed by atoms with Crippen LogP contribution in [0.25, 0.3) is 0 Å². The molecule has 3 nitrogen and oxygen atoms in total. The molecule has 0 unspecified atom stereocenters. The lowest BCUT2D eigenvalue weighted by molar-refractivity contribution is -0.130. The quantitative estimate of drug-likeness (QED) is 0.795. The number of hydrogen-bond donors (Lipinski definition) is 0. The summed E-state index contributed by atoms with van der Waals surface area (Å²) in [6.45, 7) is 3.92. The Bertz CT molecular complexity index is 384. The Morgan fingerprint density at radius 2 is 2.11 bits per heavy atom. The molecule has 1 amide bonds. The van der Waals surface area contributed by atoms with Gasteiger partial charge in [-0.25, -0.2) is 4.98 Å². The molecule has 18 heavy (non-hydrogen) atoms. The smallest absolute Gasteiger partial charge is 0.223 e. The van der Waals surface area contributed by atoms with Gasteiger partial charge in [0.1, 0.15) is 4.34 Å². The van der Waals surface area contributed by atoms with Gasteiger partial charge in [-0.1, -0.05) is 24.6 Å². The normalized spacial score (nSPS) is 16.6. The summed E-state index contributed by atoms with van der Waals surface area (Å²) in [5.74, 6) is 1.17. The third-order valence-electron chi connectivity index (χ3n) is 3.10. The zero-order valence-corrected chi connectivity index (χ0v) is 12.5. The van der Waals surface area contributed by atoms with Gasteiger partial charge in [-0.3, -0.25) is 4.79 Å². The van der Waals surface area contributed by atoms with E-state index in [1.165, 1.54) is 25.7 Å². The SMILES string of the molecule is Cc1csc(SCCC(=O)N2CCCCCC2)n1. The molecule has 0 bridgehead atoms. The minimum absolute atomic E-state index is 0.317. The van der Waals surface area contributed by atoms with E-state index in [-0.39, 0.29) is 0 Å². The first kappa shape index (κ1) is 13.9. The Labute approximate surface area is 117 Å². The molecule has 0 atom stereocenters. The summed E-state index contributed by atoms with van der Waals surface area (Å²) in [5, 5.41) is 2.05. The minimum Gasteiger partial charge on any atom is -0.343 e. The summed E-state index contributed by atoms with van der Waals surface area (Å²) in [5.41, 5.74) is 1.07. The highest BCUT2D eigenvalue weighted by Gasteiger charge is 2.15. The molecule has 2 heterocycles. The maximum atomic E-state index is 12.0. The van der Waals surface area contributed by atoms with E-state index < -0.39 is 0 Å². The lowest BCUT2D eigenvalue weighted by Gasteiger charge is -2.19. The van der Waals surface area contributed by atoms with Gasteiger partial charge < -0.3 is 4.90 Å². The molecule has 2 rings (SSSR count). The fraction of sp³-hybridized carbons (Fsp3) is 0.692. The van der Waals surface area contributed by atoms with Gasteiger partial charge in [-0.05, 0) is 19.8 Å². The minimum atomic E-state index is 0.317. The average molecular weight is 284 g/mol. The van der Waals surface area contributed by atoms with Crippen molar-refractivity contribution in [2.45, 2.75) is 43.4 Å². The van der Waals surface area contributed by atoms with E-state index in [0.29, 0.717) is 12.3 Å². The highest BCUT2D eigenvalue weighted by molar-refractivity contribution is 8.01.